The van der Waals surface area contributed by atoms with Crippen LogP contribution in [-0.2, 0) is 16.6 Å². The van der Waals surface area contributed by atoms with E-state index in [1.807, 2.05) is 22.6 Å². The van der Waals surface area contributed by atoms with Crippen molar-refractivity contribution in [1.29, 1.82) is 0 Å². The molecule has 0 saturated carbocycles. The molecule has 0 aliphatic rings. The van der Waals surface area contributed by atoms with E-state index in [1.165, 1.54) is 17.1 Å². The molecule has 2 aromatic rings. The molecule has 0 bridgehead atoms. The van der Waals surface area contributed by atoms with Gasteiger partial charge in [0.1, 0.15) is 4.90 Å². The van der Waals surface area contributed by atoms with E-state index in [2.05, 4.69) is 9.82 Å². The second-order valence-corrected chi connectivity index (χ2v) is 7.17. The van der Waals surface area contributed by atoms with Crippen LogP contribution in [-0.4, -0.2) is 29.9 Å². The minimum absolute atomic E-state index is 0.0386. The Morgan fingerprint density at radius 3 is 2.85 bits per heavy atom. The van der Waals surface area contributed by atoms with Gasteiger partial charge in [-0.1, -0.05) is 11.6 Å². The first kappa shape index (κ1) is 15.5. The van der Waals surface area contributed by atoms with Gasteiger partial charge in [0.15, 0.2) is 0 Å². The lowest BCUT2D eigenvalue weighted by molar-refractivity contribution is 0.269. The Balaban J connectivity index is 2.26. The number of sulfonamides is 1. The molecule has 20 heavy (non-hydrogen) atoms. The van der Waals surface area contributed by atoms with Crippen molar-refractivity contribution in [2.24, 2.45) is 0 Å². The molecule has 1 aromatic heterocycles. The fraction of sp³-hybridized carbons (Fsp3) is 0.182. The summed E-state index contributed by atoms with van der Waals surface area (Å²) in [4.78, 5) is 0.0386. The van der Waals surface area contributed by atoms with Crippen molar-refractivity contribution in [3.05, 3.63) is 39.2 Å². The van der Waals surface area contributed by atoms with Crippen LogP contribution in [0.1, 0.15) is 0 Å². The highest BCUT2D eigenvalue weighted by Crippen LogP contribution is 2.24. The summed E-state index contributed by atoms with van der Waals surface area (Å²) in [5.74, 6) is 0. The summed E-state index contributed by atoms with van der Waals surface area (Å²) < 4.78 is 28.9. The highest BCUT2D eigenvalue weighted by atomic mass is 127. The maximum absolute atomic E-state index is 12.2. The number of anilines is 1. The molecule has 2 N–H and O–H groups in total. The molecule has 108 valence electrons. The average Bonchev–Trinajstić information content (AvgIpc) is 2.83. The number of nitrogens with one attached hydrogen (secondary N) is 1. The third-order valence-corrected chi connectivity index (χ3v) is 4.87. The van der Waals surface area contributed by atoms with Crippen LogP contribution in [0.25, 0.3) is 0 Å². The van der Waals surface area contributed by atoms with Crippen LogP contribution in [0.2, 0.25) is 5.02 Å². The first-order valence-electron chi connectivity index (χ1n) is 5.53. The SMILES string of the molecule is O=S(=O)(Nc1ccc(Cl)cc1I)c1cnn(CCO)c1. The van der Waals surface area contributed by atoms with Gasteiger partial charge >= 0.3 is 0 Å². The molecule has 0 spiro atoms. The zero-order chi connectivity index (χ0) is 14.8. The van der Waals surface area contributed by atoms with E-state index in [-0.39, 0.29) is 18.0 Å². The number of rotatable bonds is 5. The van der Waals surface area contributed by atoms with Crippen LogP contribution >= 0.6 is 34.2 Å². The van der Waals surface area contributed by atoms with E-state index >= 15 is 0 Å². The van der Waals surface area contributed by atoms with E-state index in [9.17, 15) is 8.42 Å². The fourth-order valence-corrected chi connectivity index (χ4v) is 3.71. The van der Waals surface area contributed by atoms with Crippen LogP contribution in [0, 0.1) is 3.57 Å². The molecule has 0 fully saturated rings. The van der Waals surface area contributed by atoms with Gasteiger partial charge in [-0.05, 0) is 40.8 Å². The molecule has 9 heteroatoms. The third-order valence-electron chi connectivity index (χ3n) is 2.42. The second-order valence-electron chi connectivity index (χ2n) is 3.89. The smallest absolute Gasteiger partial charge is 0.265 e. The summed E-state index contributed by atoms with van der Waals surface area (Å²) in [7, 11) is -3.71. The third kappa shape index (κ3) is 3.62. The molecule has 0 atom stereocenters. The van der Waals surface area contributed by atoms with Crippen molar-refractivity contribution in [2.45, 2.75) is 11.4 Å². The largest absolute Gasteiger partial charge is 0.394 e. The fourth-order valence-electron chi connectivity index (χ4n) is 1.48. The summed E-state index contributed by atoms with van der Waals surface area (Å²) >= 11 is 7.82. The van der Waals surface area contributed by atoms with Crippen LogP contribution in [0.3, 0.4) is 0 Å². The Bertz CT molecular complexity index is 717. The van der Waals surface area contributed by atoms with Gasteiger partial charge < -0.3 is 5.11 Å². The van der Waals surface area contributed by atoms with E-state index in [0.717, 1.165) is 0 Å². The van der Waals surface area contributed by atoms with Crippen LogP contribution in [0.15, 0.2) is 35.5 Å². The molecule has 0 unspecified atom stereocenters. The number of aromatic nitrogens is 2. The Morgan fingerprint density at radius 2 is 2.20 bits per heavy atom. The Labute approximate surface area is 134 Å². The first-order chi connectivity index (χ1) is 9.42. The van der Waals surface area contributed by atoms with E-state index < -0.39 is 10.0 Å². The zero-order valence-corrected chi connectivity index (χ0v) is 13.9. The van der Waals surface area contributed by atoms with Gasteiger partial charge in [0.05, 0.1) is 25.0 Å². The minimum atomic E-state index is -3.71. The summed E-state index contributed by atoms with van der Waals surface area (Å²) in [6.45, 7) is 0.137. The predicted molar refractivity (Wildman–Crippen MR) is 84.3 cm³/mol. The van der Waals surface area contributed by atoms with Crippen LogP contribution < -0.4 is 4.72 Å². The van der Waals surface area contributed by atoms with Crippen molar-refractivity contribution in [2.75, 3.05) is 11.3 Å². The zero-order valence-electron chi connectivity index (χ0n) is 10.1. The van der Waals surface area contributed by atoms with Gasteiger partial charge in [0, 0.05) is 14.8 Å². The molecule has 0 aliphatic heterocycles. The number of hydrogen-bond acceptors (Lipinski definition) is 4. The number of halogens is 2. The molecule has 2 rings (SSSR count). The molecule has 0 saturated heterocycles. The van der Waals surface area contributed by atoms with Crippen molar-refractivity contribution in [3.8, 4) is 0 Å². The lowest BCUT2D eigenvalue weighted by Crippen LogP contribution is -2.13. The number of benzene rings is 1. The second kappa shape index (κ2) is 6.29. The molecule has 0 radical (unpaired) electrons. The quantitative estimate of drug-likeness (QED) is 0.714. The molecular formula is C11H11ClIN3O3S. The topological polar surface area (TPSA) is 84.2 Å². The number of aliphatic hydroxyl groups is 1. The molecule has 1 aromatic carbocycles. The van der Waals surface area contributed by atoms with Crippen molar-refractivity contribution < 1.29 is 13.5 Å². The average molecular weight is 428 g/mol. The van der Waals surface area contributed by atoms with Gasteiger partial charge in [-0.15, -0.1) is 0 Å². The summed E-state index contributed by atoms with van der Waals surface area (Å²) in [5, 5.41) is 13.2. The molecule has 1 heterocycles. The standard InChI is InChI=1S/C11H11ClIN3O3S/c12-8-1-2-11(10(13)5-8)15-20(18,19)9-6-14-16(7-9)3-4-17/h1-2,5-7,15,17H,3-4H2. The lowest BCUT2D eigenvalue weighted by Gasteiger charge is -2.08. The Kier molecular flexibility index (Phi) is 4.89. The monoisotopic (exact) mass is 427 g/mol. The molecule has 0 aliphatic carbocycles. The van der Waals surface area contributed by atoms with Gasteiger partial charge in [-0.3, -0.25) is 9.40 Å². The van der Waals surface area contributed by atoms with Crippen molar-refractivity contribution in [1.82, 2.24) is 9.78 Å². The highest BCUT2D eigenvalue weighted by Gasteiger charge is 2.17. The maximum atomic E-state index is 12.2. The number of aliphatic hydroxyl groups excluding tert-OH is 1. The van der Waals surface area contributed by atoms with Gasteiger partial charge in [0.2, 0.25) is 0 Å². The summed E-state index contributed by atoms with van der Waals surface area (Å²) in [6, 6.07) is 4.87. The van der Waals surface area contributed by atoms with Crippen molar-refractivity contribution >= 4 is 49.9 Å². The van der Waals surface area contributed by atoms with Gasteiger partial charge in [0.25, 0.3) is 10.0 Å². The lowest BCUT2D eigenvalue weighted by atomic mass is 10.3. The minimum Gasteiger partial charge on any atom is -0.394 e. The van der Waals surface area contributed by atoms with Crippen LogP contribution in [0.5, 0.6) is 0 Å². The van der Waals surface area contributed by atoms with E-state index in [4.69, 9.17) is 16.7 Å². The van der Waals surface area contributed by atoms with E-state index in [1.54, 1.807) is 18.2 Å². The molecular weight excluding hydrogens is 417 g/mol. The Hall–Kier alpha value is -0.840. The van der Waals surface area contributed by atoms with Crippen molar-refractivity contribution in [3.63, 3.8) is 0 Å². The van der Waals surface area contributed by atoms with E-state index in [0.29, 0.717) is 14.3 Å². The number of hydrogen-bond donors (Lipinski definition) is 2. The molecule has 6 nitrogen and oxygen atoms in total. The maximum Gasteiger partial charge on any atom is 0.265 e. The van der Waals surface area contributed by atoms with Gasteiger partial charge in [-0.2, -0.15) is 5.10 Å². The normalized spacial score (nSPS) is 11.6. The summed E-state index contributed by atoms with van der Waals surface area (Å²) in [6.07, 6.45) is 2.60. The highest BCUT2D eigenvalue weighted by molar-refractivity contribution is 14.1. The molecule has 0 amide bonds. The predicted octanol–water partition coefficient (Wildman–Crippen LogP) is 1.93. The van der Waals surface area contributed by atoms with Crippen LogP contribution in [0.4, 0.5) is 5.69 Å². The first-order valence-corrected chi connectivity index (χ1v) is 8.47. The summed E-state index contributed by atoms with van der Waals surface area (Å²) in [5.41, 5.74) is 0.449. The van der Waals surface area contributed by atoms with Gasteiger partial charge in [-0.25, -0.2) is 8.42 Å². The number of nitrogens with zero attached hydrogens (tertiary/aromatic N) is 2. The Morgan fingerprint density at radius 1 is 1.45 bits per heavy atom.